The number of benzene rings is 1. The van der Waals surface area contributed by atoms with E-state index in [2.05, 4.69) is 5.32 Å². The Morgan fingerprint density at radius 2 is 2.22 bits per heavy atom. The molecule has 92 valence electrons. The Kier molecular flexibility index (Phi) is 4.71. The van der Waals surface area contributed by atoms with E-state index < -0.39 is 11.8 Å². The molecule has 18 heavy (non-hydrogen) atoms. The first-order valence-electron chi connectivity index (χ1n) is 5.45. The topological polar surface area (TPSA) is 85.9 Å². The molecule has 0 saturated heterocycles. The van der Waals surface area contributed by atoms with Gasteiger partial charge in [-0.3, -0.25) is 4.79 Å². The summed E-state index contributed by atoms with van der Waals surface area (Å²) in [5, 5.41) is 20.4. The minimum Gasteiger partial charge on any atom is -0.495 e. The van der Waals surface area contributed by atoms with Crippen LogP contribution in [0.4, 0.5) is 5.69 Å². The van der Waals surface area contributed by atoms with Gasteiger partial charge in [0.05, 0.1) is 18.7 Å². The number of nitrogens with zero attached hydrogens (tertiary/aromatic N) is 2. The van der Waals surface area contributed by atoms with Gasteiger partial charge in [-0.2, -0.15) is 10.5 Å². The molecule has 1 aromatic rings. The van der Waals surface area contributed by atoms with E-state index in [9.17, 15) is 4.79 Å². The highest BCUT2D eigenvalue weighted by atomic mass is 16.5. The van der Waals surface area contributed by atoms with E-state index in [4.69, 9.17) is 15.3 Å². The molecule has 0 saturated carbocycles. The lowest BCUT2D eigenvalue weighted by molar-refractivity contribution is -0.118. The van der Waals surface area contributed by atoms with Crippen LogP contribution >= 0.6 is 0 Å². The number of carbonyl (C=O) groups excluding carboxylic acids is 1. The number of amides is 1. The smallest absolute Gasteiger partial charge is 0.241 e. The zero-order valence-corrected chi connectivity index (χ0v) is 10.2. The average Bonchev–Trinajstić information content (AvgIpc) is 2.40. The highest BCUT2D eigenvalue weighted by Gasteiger charge is 2.19. The SMILES string of the molecule is CCC(C#N)C(=O)Nc1c(C#N)cccc1OC. The highest BCUT2D eigenvalue weighted by Crippen LogP contribution is 2.28. The molecule has 5 heteroatoms. The molecule has 0 spiro atoms. The van der Waals surface area contributed by atoms with Crippen LogP contribution in [-0.4, -0.2) is 13.0 Å². The van der Waals surface area contributed by atoms with Gasteiger partial charge in [-0.05, 0) is 18.6 Å². The summed E-state index contributed by atoms with van der Waals surface area (Å²) < 4.78 is 5.09. The van der Waals surface area contributed by atoms with E-state index in [1.807, 2.05) is 12.1 Å². The summed E-state index contributed by atoms with van der Waals surface area (Å²) in [6.07, 6.45) is 0.416. The Bertz CT molecular complexity index is 526. The van der Waals surface area contributed by atoms with Crippen LogP contribution in [-0.2, 0) is 4.79 Å². The monoisotopic (exact) mass is 243 g/mol. The Hall–Kier alpha value is -2.53. The third kappa shape index (κ3) is 2.78. The molecule has 0 heterocycles. The first-order chi connectivity index (χ1) is 8.67. The van der Waals surface area contributed by atoms with E-state index in [1.54, 1.807) is 25.1 Å². The van der Waals surface area contributed by atoms with Crippen LogP contribution in [0.5, 0.6) is 5.75 Å². The van der Waals surface area contributed by atoms with Gasteiger partial charge in [-0.1, -0.05) is 13.0 Å². The maximum absolute atomic E-state index is 11.8. The van der Waals surface area contributed by atoms with E-state index in [-0.39, 0.29) is 0 Å². The standard InChI is InChI=1S/C13H13N3O2/c1-3-9(7-14)13(17)16-12-10(8-15)5-4-6-11(12)18-2/h4-6,9H,3H2,1-2H3,(H,16,17). The molecule has 0 aliphatic rings. The molecule has 5 nitrogen and oxygen atoms in total. The van der Waals surface area contributed by atoms with Crippen molar-refractivity contribution in [3.8, 4) is 17.9 Å². The van der Waals surface area contributed by atoms with Gasteiger partial charge in [0.1, 0.15) is 23.4 Å². The van der Waals surface area contributed by atoms with Gasteiger partial charge in [0.15, 0.2) is 0 Å². The maximum Gasteiger partial charge on any atom is 0.241 e. The number of nitrogens with one attached hydrogen (secondary N) is 1. The summed E-state index contributed by atoms with van der Waals surface area (Å²) in [6.45, 7) is 1.75. The summed E-state index contributed by atoms with van der Waals surface area (Å²) in [6, 6.07) is 8.76. The fraction of sp³-hybridized carbons (Fsp3) is 0.308. The Morgan fingerprint density at radius 1 is 1.50 bits per heavy atom. The second-order valence-corrected chi connectivity index (χ2v) is 3.57. The fourth-order valence-electron chi connectivity index (χ4n) is 1.47. The molecule has 1 N–H and O–H groups in total. The molecule has 0 bridgehead atoms. The summed E-state index contributed by atoms with van der Waals surface area (Å²) in [7, 11) is 1.45. The van der Waals surface area contributed by atoms with Crippen molar-refractivity contribution in [3.63, 3.8) is 0 Å². The molecule has 1 unspecified atom stereocenters. The maximum atomic E-state index is 11.8. The predicted octanol–water partition coefficient (Wildman–Crippen LogP) is 2.06. The summed E-state index contributed by atoms with van der Waals surface area (Å²) >= 11 is 0. The summed E-state index contributed by atoms with van der Waals surface area (Å²) in [5.74, 6) is -0.766. The van der Waals surface area contributed by atoms with Gasteiger partial charge in [-0.25, -0.2) is 0 Å². The molecule has 0 radical (unpaired) electrons. The zero-order chi connectivity index (χ0) is 13.5. The Balaban J connectivity index is 3.08. The van der Waals surface area contributed by atoms with Crippen LogP contribution in [0.2, 0.25) is 0 Å². The fourth-order valence-corrected chi connectivity index (χ4v) is 1.47. The van der Waals surface area contributed by atoms with E-state index in [0.717, 1.165) is 0 Å². The second kappa shape index (κ2) is 6.27. The number of methoxy groups -OCH3 is 1. The summed E-state index contributed by atoms with van der Waals surface area (Å²) in [4.78, 5) is 11.8. The van der Waals surface area contributed by atoms with E-state index in [1.165, 1.54) is 7.11 Å². The van der Waals surface area contributed by atoms with E-state index >= 15 is 0 Å². The van der Waals surface area contributed by atoms with Gasteiger partial charge < -0.3 is 10.1 Å². The number of anilines is 1. The number of nitriles is 2. The minimum atomic E-state index is -0.735. The quantitative estimate of drug-likeness (QED) is 0.876. The average molecular weight is 243 g/mol. The second-order valence-electron chi connectivity index (χ2n) is 3.57. The Labute approximate surface area is 106 Å². The van der Waals surface area contributed by atoms with Gasteiger partial charge >= 0.3 is 0 Å². The number of hydrogen-bond donors (Lipinski definition) is 1. The lowest BCUT2D eigenvalue weighted by Gasteiger charge is -2.13. The van der Waals surface area contributed by atoms with Gasteiger partial charge in [0.2, 0.25) is 5.91 Å². The van der Waals surface area contributed by atoms with Gasteiger partial charge in [0, 0.05) is 0 Å². The van der Waals surface area contributed by atoms with Crippen molar-refractivity contribution < 1.29 is 9.53 Å². The van der Waals surface area contributed by atoms with Gasteiger partial charge in [-0.15, -0.1) is 0 Å². The first-order valence-corrected chi connectivity index (χ1v) is 5.45. The molecule has 0 aliphatic heterocycles. The lowest BCUT2D eigenvalue weighted by atomic mass is 10.1. The van der Waals surface area contributed by atoms with Crippen LogP contribution in [0.1, 0.15) is 18.9 Å². The summed E-state index contributed by atoms with van der Waals surface area (Å²) in [5.41, 5.74) is 0.608. The Morgan fingerprint density at radius 3 is 2.72 bits per heavy atom. The normalized spacial score (nSPS) is 10.9. The lowest BCUT2D eigenvalue weighted by Crippen LogP contribution is -2.21. The molecule has 1 rings (SSSR count). The van der Waals surface area contributed by atoms with Crippen molar-refractivity contribution >= 4 is 11.6 Å². The highest BCUT2D eigenvalue weighted by molar-refractivity contribution is 5.96. The first kappa shape index (κ1) is 13.5. The van der Waals surface area contributed by atoms with Crippen LogP contribution in [0.15, 0.2) is 18.2 Å². The van der Waals surface area contributed by atoms with Crippen molar-refractivity contribution in [2.75, 3.05) is 12.4 Å². The third-order valence-electron chi connectivity index (χ3n) is 2.50. The minimum absolute atomic E-state index is 0.301. The van der Waals surface area contributed by atoms with Gasteiger partial charge in [0.25, 0.3) is 0 Å². The molecule has 1 amide bonds. The van der Waals surface area contributed by atoms with Crippen molar-refractivity contribution in [2.45, 2.75) is 13.3 Å². The van der Waals surface area contributed by atoms with Crippen LogP contribution in [0.3, 0.4) is 0 Å². The molecule has 1 aromatic carbocycles. The van der Waals surface area contributed by atoms with Crippen LogP contribution in [0.25, 0.3) is 0 Å². The zero-order valence-electron chi connectivity index (χ0n) is 10.2. The number of para-hydroxylation sites is 1. The van der Waals surface area contributed by atoms with Crippen molar-refractivity contribution in [2.24, 2.45) is 5.92 Å². The molecular formula is C13H13N3O2. The number of ether oxygens (including phenoxy) is 1. The van der Waals surface area contributed by atoms with Crippen LogP contribution < -0.4 is 10.1 Å². The number of rotatable bonds is 4. The van der Waals surface area contributed by atoms with Crippen LogP contribution in [0, 0.1) is 28.6 Å². The van der Waals surface area contributed by atoms with Crippen molar-refractivity contribution in [3.05, 3.63) is 23.8 Å². The number of carbonyl (C=O) groups is 1. The predicted molar refractivity (Wildman–Crippen MR) is 65.7 cm³/mol. The molecule has 0 fully saturated rings. The third-order valence-corrected chi connectivity index (χ3v) is 2.50. The number of hydrogen-bond acceptors (Lipinski definition) is 4. The largest absolute Gasteiger partial charge is 0.495 e. The molecule has 1 atom stereocenters. The molecular weight excluding hydrogens is 230 g/mol. The molecule has 0 aromatic heterocycles. The molecule has 0 aliphatic carbocycles. The van der Waals surface area contributed by atoms with E-state index in [0.29, 0.717) is 23.4 Å². The van der Waals surface area contributed by atoms with Crippen molar-refractivity contribution in [1.29, 1.82) is 10.5 Å². The van der Waals surface area contributed by atoms with Crippen molar-refractivity contribution in [1.82, 2.24) is 0 Å².